The SMILES string of the molecule is CCOC(=O)c1cnc(Nc2cnn(C)c2)nc1NC1CCC(N2CCN(C(=O)C3CCN(C(=O)C4CCN(CCN5CCN(c6ccc(NC7CCC(=O)NC7=O)cc6F)CC5)CC4)CC3)CC2)CC1. The molecule has 0 radical (unpaired) electrons. The van der Waals surface area contributed by atoms with Crippen LogP contribution in [0.4, 0.5) is 33.2 Å². The van der Waals surface area contributed by atoms with E-state index in [9.17, 15) is 24.0 Å². The van der Waals surface area contributed by atoms with Gasteiger partial charge in [0.15, 0.2) is 0 Å². The number of piperazine rings is 2. The van der Waals surface area contributed by atoms with Crippen LogP contribution in [0.3, 0.4) is 0 Å². The Labute approximate surface area is 415 Å². The first-order chi connectivity index (χ1) is 34.5. The van der Waals surface area contributed by atoms with Crippen LogP contribution in [0.2, 0.25) is 0 Å². The highest BCUT2D eigenvalue weighted by atomic mass is 19.1. The summed E-state index contributed by atoms with van der Waals surface area (Å²) < 4.78 is 22.2. The Morgan fingerprint density at radius 2 is 1.42 bits per heavy atom. The number of carbonyl (C=O) groups is 5. The van der Waals surface area contributed by atoms with Gasteiger partial charge in [0, 0.05) is 134 Å². The number of hydrogen-bond acceptors (Lipinski definition) is 16. The molecule has 21 heteroatoms. The predicted molar refractivity (Wildman–Crippen MR) is 266 cm³/mol. The second-order valence-electron chi connectivity index (χ2n) is 20.1. The lowest BCUT2D eigenvalue weighted by atomic mass is 9.89. The minimum Gasteiger partial charge on any atom is -0.462 e. The zero-order valence-corrected chi connectivity index (χ0v) is 41.3. The third kappa shape index (κ3) is 12.6. The molecule has 6 aliphatic rings. The maximum atomic E-state index is 15.2. The van der Waals surface area contributed by atoms with Gasteiger partial charge in [-0.15, -0.1) is 0 Å². The Morgan fingerprint density at radius 3 is 2.06 bits per heavy atom. The molecule has 0 bridgehead atoms. The summed E-state index contributed by atoms with van der Waals surface area (Å²) in [5.74, 6) is -0.156. The van der Waals surface area contributed by atoms with E-state index in [1.807, 2.05) is 18.1 Å². The summed E-state index contributed by atoms with van der Waals surface area (Å²) in [6.45, 7) is 13.3. The van der Waals surface area contributed by atoms with E-state index >= 15 is 4.39 Å². The van der Waals surface area contributed by atoms with Crippen LogP contribution in [0, 0.1) is 17.7 Å². The molecule has 384 valence electrons. The molecular formula is C50H71FN14O6. The zero-order valence-electron chi connectivity index (χ0n) is 41.3. The smallest absolute Gasteiger partial charge is 0.343 e. The zero-order chi connectivity index (χ0) is 49.4. The van der Waals surface area contributed by atoms with Crippen LogP contribution < -0.4 is 26.2 Å². The Balaban J connectivity index is 0.641. The van der Waals surface area contributed by atoms with E-state index in [0.29, 0.717) is 54.3 Å². The highest BCUT2D eigenvalue weighted by Crippen LogP contribution is 2.31. The predicted octanol–water partition coefficient (Wildman–Crippen LogP) is 3.13. The van der Waals surface area contributed by atoms with Crippen LogP contribution in [0.25, 0.3) is 0 Å². The van der Waals surface area contributed by atoms with Crippen molar-refractivity contribution < 1.29 is 33.1 Å². The number of hydrogen-bond donors (Lipinski definition) is 4. The summed E-state index contributed by atoms with van der Waals surface area (Å²) in [6.07, 6.45) is 12.7. The van der Waals surface area contributed by atoms with Crippen LogP contribution in [-0.2, 0) is 31.0 Å². The molecule has 5 aliphatic heterocycles. The topological polar surface area (TPSA) is 206 Å². The molecule has 1 saturated carbocycles. The van der Waals surface area contributed by atoms with Crippen LogP contribution >= 0.6 is 0 Å². The number of aromatic nitrogens is 4. The lowest BCUT2D eigenvalue weighted by Gasteiger charge is -2.43. The van der Waals surface area contributed by atoms with Crippen molar-refractivity contribution in [3.63, 3.8) is 0 Å². The molecule has 1 aliphatic carbocycles. The molecule has 71 heavy (non-hydrogen) atoms. The first-order valence-corrected chi connectivity index (χ1v) is 25.9. The Bertz CT molecular complexity index is 2350. The van der Waals surface area contributed by atoms with Crippen molar-refractivity contribution in [2.24, 2.45) is 18.9 Å². The van der Waals surface area contributed by atoms with Gasteiger partial charge in [0.1, 0.15) is 23.2 Å². The summed E-state index contributed by atoms with van der Waals surface area (Å²) in [7, 11) is 1.83. The Morgan fingerprint density at radius 1 is 0.761 bits per heavy atom. The van der Waals surface area contributed by atoms with Gasteiger partial charge >= 0.3 is 5.97 Å². The van der Waals surface area contributed by atoms with Gasteiger partial charge in [0.25, 0.3) is 0 Å². The molecule has 1 aromatic carbocycles. The third-order valence-electron chi connectivity index (χ3n) is 15.5. The van der Waals surface area contributed by atoms with Crippen molar-refractivity contribution >= 4 is 58.4 Å². The van der Waals surface area contributed by atoms with E-state index in [1.165, 1.54) is 12.3 Å². The molecule has 5 saturated heterocycles. The first kappa shape index (κ1) is 50.0. The largest absolute Gasteiger partial charge is 0.462 e. The number of imide groups is 1. The highest BCUT2D eigenvalue weighted by molar-refractivity contribution is 6.01. The summed E-state index contributed by atoms with van der Waals surface area (Å²) in [6, 6.07) is 5.01. The first-order valence-electron chi connectivity index (χ1n) is 25.9. The van der Waals surface area contributed by atoms with E-state index in [0.717, 1.165) is 136 Å². The van der Waals surface area contributed by atoms with Crippen molar-refractivity contribution in [3.8, 4) is 0 Å². The molecule has 0 spiro atoms. The van der Waals surface area contributed by atoms with Gasteiger partial charge < -0.3 is 40.3 Å². The molecule has 3 aromatic rings. The van der Waals surface area contributed by atoms with Crippen molar-refractivity contribution in [1.29, 1.82) is 0 Å². The lowest BCUT2D eigenvalue weighted by molar-refractivity contribution is -0.144. The molecule has 9 rings (SSSR count). The third-order valence-corrected chi connectivity index (χ3v) is 15.5. The molecule has 6 fully saturated rings. The summed E-state index contributed by atoms with van der Waals surface area (Å²) in [5, 5.41) is 16.3. The number of rotatable bonds is 15. The van der Waals surface area contributed by atoms with Crippen molar-refractivity contribution in [2.45, 2.75) is 89.3 Å². The van der Waals surface area contributed by atoms with Crippen molar-refractivity contribution in [3.05, 3.63) is 48.2 Å². The maximum Gasteiger partial charge on any atom is 0.343 e. The number of aryl methyl sites for hydroxylation is 1. The number of nitrogens with zero attached hydrogens (tertiary/aromatic N) is 10. The molecule has 2 aromatic heterocycles. The summed E-state index contributed by atoms with van der Waals surface area (Å²) in [5.41, 5.74) is 2.13. The lowest BCUT2D eigenvalue weighted by Crippen LogP contribution is -2.55. The van der Waals surface area contributed by atoms with Crippen LogP contribution in [0.1, 0.15) is 81.5 Å². The van der Waals surface area contributed by atoms with Gasteiger partial charge in [-0.25, -0.2) is 14.2 Å². The Kier molecular flexibility index (Phi) is 16.3. The van der Waals surface area contributed by atoms with Crippen LogP contribution in [0.15, 0.2) is 36.8 Å². The van der Waals surface area contributed by atoms with Crippen molar-refractivity contribution in [1.82, 2.24) is 49.6 Å². The number of carbonyl (C=O) groups excluding carboxylic acids is 5. The maximum absolute atomic E-state index is 15.2. The molecule has 4 N–H and O–H groups in total. The second kappa shape index (κ2) is 23.1. The van der Waals surface area contributed by atoms with E-state index in [4.69, 9.17) is 4.74 Å². The van der Waals surface area contributed by atoms with Gasteiger partial charge in [-0.3, -0.25) is 39.0 Å². The van der Waals surface area contributed by atoms with Crippen LogP contribution in [-0.4, -0.2) is 190 Å². The standard InChI is InChI=1S/C50H71FN14O6/c1-3-71-49(70)40-32-52-50(56-38-31-53-59(2)33-38)58-45(40)55-36-4-7-39(8-5-36)62-26-28-65(29-27-62)48(69)35-14-18-64(19-15-35)47(68)34-12-16-60(17-13-34)20-21-61-22-24-63(25-23-61)43-10-6-37(30-41(43)51)54-42-9-11-44(66)57-46(42)67/h6,10,30-36,39,42,54H,3-5,7-9,11-29H2,1-2H3,(H,57,66,67)(H2,52,55,56,58). The summed E-state index contributed by atoms with van der Waals surface area (Å²) >= 11 is 0. The van der Waals surface area contributed by atoms with E-state index in [1.54, 1.807) is 29.9 Å². The van der Waals surface area contributed by atoms with Crippen LogP contribution in [0.5, 0.6) is 0 Å². The number of anilines is 5. The molecule has 7 heterocycles. The average Bonchev–Trinajstić information content (AvgIpc) is 3.80. The number of halogens is 1. The average molecular weight is 983 g/mol. The number of piperidine rings is 3. The molecule has 1 unspecified atom stereocenters. The second-order valence-corrected chi connectivity index (χ2v) is 20.1. The number of benzene rings is 1. The normalized spacial score (nSPS) is 23.6. The number of ether oxygens (including phenoxy) is 1. The van der Waals surface area contributed by atoms with Gasteiger partial charge in [0.2, 0.25) is 29.6 Å². The van der Waals surface area contributed by atoms with Gasteiger partial charge in [-0.1, -0.05) is 0 Å². The minimum atomic E-state index is -0.558. The van der Waals surface area contributed by atoms with Gasteiger partial charge in [-0.05, 0) is 96.0 Å². The van der Waals surface area contributed by atoms with E-state index < -0.39 is 12.0 Å². The van der Waals surface area contributed by atoms with E-state index in [2.05, 4.69) is 60.8 Å². The minimum absolute atomic E-state index is 0.0314. The fraction of sp³-hybridized carbons (Fsp3) is 0.640. The monoisotopic (exact) mass is 983 g/mol. The highest BCUT2D eigenvalue weighted by Gasteiger charge is 2.37. The number of esters is 1. The molecular weight excluding hydrogens is 912 g/mol. The van der Waals surface area contributed by atoms with Crippen molar-refractivity contribution in [2.75, 3.05) is 119 Å². The van der Waals surface area contributed by atoms with Gasteiger partial charge in [0.05, 0.1) is 24.2 Å². The number of amides is 4. The van der Waals surface area contributed by atoms with E-state index in [-0.39, 0.29) is 60.4 Å². The molecule has 4 amide bonds. The van der Waals surface area contributed by atoms with Gasteiger partial charge in [-0.2, -0.15) is 10.1 Å². The quantitative estimate of drug-likeness (QED) is 0.128. The fourth-order valence-corrected chi connectivity index (χ4v) is 11.3. The molecule has 20 nitrogen and oxygen atoms in total. The number of likely N-dealkylation sites (tertiary alicyclic amines) is 2. The fourth-order valence-electron chi connectivity index (χ4n) is 11.3. The number of nitrogens with one attached hydrogen (secondary N) is 4. The molecule has 1 atom stereocenters. The Hall–Kier alpha value is -5.93. The summed E-state index contributed by atoms with van der Waals surface area (Å²) in [4.78, 5) is 86.4.